The molecule has 4 nitrogen and oxygen atoms in total. The van der Waals surface area contributed by atoms with Gasteiger partial charge < -0.3 is 16.2 Å². The summed E-state index contributed by atoms with van der Waals surface area (Å²) >= 11 is 0. The minimum atomic E-state index is -0.439. The molecular weight excluding hydrogens is 269 g/mol. The van der Waals surface area contributed by atoms with Crippen molar-refractivity contribution in [2.45, 2.75) is 38.6 Å². The van der Waals surface area contributed by atoms with Gasteiger partial charge >= 0.3 is 0 Å². The van der Waals surface area contributed by atoms with Gasteiger partial charge in [0.25, 0.3) is 0 Å². The average Bonchev–Trinajstić information content (AvgIpc) is 2.44. The lowest BCUT2D eigenvalue weighted by Crippen LogP contribution is -2.38. The van der Waals surface area contributed by atoms with Crippen LogP contribution in [0.15, 0.2) is 24.3 Å². The Hall–Kier alpha value is -1.88. The van der Waals surface area contributed by atoms with Gasteiger partial charge in [-0.2, -0.15) is 0 Å². The maximum Gasteiger partial charge on any atom is 0.126 e. The maximum atomic E-state index is 13.3. The first-order chi connectivity index (χ1) is 9.97. The molecule has 0 saturated carbocycles. The molecule has 0 spiro atoms. The molecule has 0 amide bonds. The van der Waals surface area contributed by atoms with E-state index in [9.17, 15) is 9.50 Å². The molecule has 1 aromatic carbocycles. The van der Waals surface area contributed by atoms with Crippen LogP contribution in [-0.4, -0.2) is 22.2 Å². The van der Waals surface area contributed by atoms with Crippen molar-refractivity contribution in [3.8, 4) is 0 Å². The molecule has 4 N–H and O–H groups in total. The van der Waals surface area contributed by atoms with Crippen LogP contribution in [0.1, 0.15) is 33.1 Å². The van der Waals surface area contributed by atoms with Crippen LogP contribution < -0.4 is 11.1 Å². The zero-order valence-corrected chi connectivity index (χ0v) is 12.5. The predicted molar refractivity (Wildman–Crippen MR) is 84.8 cm³/mol. The van der Waals surface area contributed by atoms with Gasteiger partial charge in [-0.25, -0.2) is 9.37 Å². The van der Waals surface area contributed by atoms with Crippen molar-refractivity contribution in [2.24, 2.45) is 0 Å². The zero-order chi connectivity index (χ0) is 15.5. The molecule has 0 radical (unpaired) electrons. The molecule has 21 heavy (non-hydrogen) atoms. The first kappa shape index (κ1) is 15.5. The van der Waals surface area contributed by atoms with Gasteiger partial charge in [0.1, 0.15) is 11.6 Å². The van der Waals surface area contributed by atoms with Gasteiger partial charge in [-0.15, -0.1) is 0 Å². The number of aromatic nitrogens is 1. The monoisotopic (exact) mass is 291 g/mol. The minimum absolute atomic E-state index is 0.0118. The van der Waals surface area contributed by atoms with E-state index in [1.165, 1.54) is 12.1 Å². The van der Waals surface area contributed by atoms with Crippen molar-refractivity contribution in [3.63, 3.8) is 0 Å². The van der Waals surface area contributed by atoms with Gasteiger partial charge in [0.2, 0.25) is 0 Å². The van der Waals surface area contributed by atoms with Crippen molar-refractivity contribution < 1.29 is 9.50 Å². The van der Waals surface area contributed by atoms with Crippen molar-refractivity contribution in [1.29, 1.82) is 0 Å². The highest BCUT2D eigenvalue weighted by Crippen LogP contribution is 2.29. The van der Waals surface area contributed by atoms with Gasteiger partial charge in [0, 0.05) is 23.2 Å². The summed E-state index contributed by atoms with van der Waals surface area (Å²) in [6, 6.07) is 6.16. The number of hydrogen-bond acceptors (Lipinski definition) is 4. The Kier molecular flexibility index (Phi) is 4.63. The highest BCUT2D eigenvalue weighted by Gasteiger charge is 2.23. The van der Waals surface area contributed by atoms with E-state index in [1.807, 2.05) is 6.92 Å². The lowest BCUT2D eigenvalue weighted by atomic mass is 9.95. The SMILES string of the molecule is CCCC[C@](C)(CO)Nc1cc(N)nc2cc(F)ccc12. The number of pyridine rings is 1. The second kappa shape index (κ2) is 6.26. The number of nitrogens with zero attached hydrogens (tertiary/aromatic N) is 1. The smallest absolute Gasteiger partial charge is 0.126 e. The normalized spacial score (nSPS) is 14.1. The number of benzene rings is 1. The van der Waals surface area contributed by atoms with Crippen LogP contribution in [0.5, 0.6) is 0 Å². The molecule has 1 aromatic heterocycles. The number of nitrogens with one attached hydrogen (secondary N) is 1. The fourth-order valence-electron chi connectivity index (χ4n) is 2.40. The molecule has 0 aliphatic carbocycles. The van der Waals surface area contributed by atoms with Crippen LogP contribution in [0.3, 0.4) is 0 Å². The van der Waals surface area contributed by atoms with Gasteiger partial charge in [-0.3, -0.25) is 0 Å². The molecule has 0 saturated heterocycles. The Balaban J connectivity index is 2.41. The summed E-state index contributed by atoms with van der Waals surface area (Å²) in [7, 11) is 0. The number of nitrogen functional groups attached to an aromatic ring is 1. The maximum absolute atomic E-state index is 13.3. The highest BCUT2D eigenvalue weighted by atomic mass is 19.1. The van der Waals surface area contributed by atoms with Crippen LogP contribution in [0.4, 0.5) is 15.9 Å². The number of aliphatic hydroxyl groups excluding tert-OH is 1. The quantitative estimate of drug-likeness (QED) is 0.763. The van der Waals surface area contributed by atoms with Gasteiger partial charge in [0.15, 0.2) is 0 Å². The van der Waals surface area contributed by atoms with E-state index in [-0.39, 0.29) is 12.4 Å². The Morgan fingerprint density at radius 1 is 1.38 bits per heavy atom. The van der Waals surface area contributed by atoms with E-state index in [2.05, 4.69) is 17.2 Å². The Bertz CT molecular complexity index is 627. The van der Waals surface area contributed by atoms with Crippen LogP contribution >= 0.6 is 0 Å². The number of anilines is 2. The molecule has 5 heteroatoms. The van der Waals surface area contributed by atoms with Crippen molar-refractivity contribution in [3.05, 3.63) is 30.1 Å². The number of unbranched alkanes of at least 4 members (excludes halogenated alkanes) is 1. The van der Waals surface area contributed by atoms with Crippen LogP contribution in [0, 0.1) is 5.82 Å². The summed E-state index contributed by atoms with van der Waals surface area (Å²) in [6.45, 7) is 4.09. The summed E-state index contributed by atoms with van der Waals surface area (Å²) < 4.78 is 13.3. The summed E-state index contributed by atoms with van der Waals surface area (Å²) in [5.41, 5.74) is 6.64. The predicted octanol–water partition coefficient (Wildman–Crippen LogP) is 3.31. The highest BCUT2D eigenvalue weighted by molar-refractivity contribution is 5.93. The Morgan fingerprint density at radius 3 is 2.81 bits per heavy atom. The molecule has 2 rings (SSSR count). The molecule has 2 aromatic rings. The van der Waals surface area contributed by atoms with Crippen LogP contribution in [-0.2, 0) is 0 Å². The number of hydrogen-bond donors (Lipinski definition) is 3. The number of aliphatic hydroxyl groups is 1. The lowest BCUT2D eigenvalue weighted by Gasteiger charge is -2.30. The van der Waals surface area contributed by atoms with Gasteiger partial charge in [0.05, 0.1) is 17.7 Å². The van der Waals surface area contributed by atoms with Gasteiger partial charge in [-0.05, 0) is 25.5 Å². The number of fused-ring (bicyclic) bond motifs is 1. The molecule has 114 valence electrons. The fraction of sp³-hybridized carbons (Fsp3) is 0.438. The topological polar surface area (TPSA) is 71.2 Å². The van der Waals surface area contributed by atoms with Crippen molar-refractivity contribution in [2.75, 3.05) is 17.7 Å². The molecule has 0 aliphatic rings. The molecule has 0 fully saturated rings. The third-order valence-corrected chi connectivity index (χ3v) is 3.66. The molecule has 1 heterocycles. The zero-order valence-electron chi connectivity index (χ0n) is 12.5. The van der Waals surface area contributed by atoms with E-state index in [4.69, 9.17) is 5.73 Å². The van der Waals surface area contributed by atoms with Gasteiger partial charge in [-0.1, -0.05) is 19.8 Å². The summed E-state index contributed by atoms with van der Waals surface area (Å²) in [5, 5.41) is 13.8. The summed E-state index contributed by atoms with van der Waals surface area (Å²) in [6.07, 6.45) is 2.91. The standard InChI is InChI=1S/C16H22FN3O/c1-3-4-7-16(2,10-21)20-14-9-15(18)19-13-8-11(17)5-6-12(13)14/h5-6,8-9,21H,3-4,7,10H2,1-2H3,(H3,18,19,20)/t16-/m1/s1. The lowest BCUT2D eigenvalue weighted by molar-refractivity contribution is 0.212. The second-order valence-corrected chi connectivity index (χ2v) is 5.70. The first-order valence-corrected chi connectivity index (χ1v) is 7.22. The van der Waals surface area contributed by atoms with Crippen molar-refractivity contribution in [1.82, 2.24) is 4.98 Å². The molecule has 0 unspecified atom stereocenters. The minimum Gasteiger partial charge on any atom is -0.394 e. The second-order valence-electron chi connectivity index (χ2n) is 5.70. The fourth-order valence-corrected chi connectivity index (χ4v) is 2.40. The van der Waals surface area contributed by atoms with E-state index in [0.29, 0.717) is 11.3 Å². The molecule has 0 bridgehead atoms. The molecule has 0 aliphatic heterocycles. The number of halogens is 1. The van der Waals surface area contributed by atoms with E-state index >= 15 is 0 Å². The summed E-state index contributed by atoms with van der Waals surface area (Å²) in [5.74, 6) is -0.0196. The Morgan fingerprint density at radius 2 is 2.14 bits per heavy atom. The van der Waals surface area contributed by atoms with E-state index in [1.54, 1.807) is 12.1 Å². The largest absolute Gasteiger partial charge is 0.394 e. The molecule has 1 atom stereocenters. The van der Waals surface area contributed by atoms with Crippen molar-refractivity contribution >= 4 is 22.4 Å². The van der Waals surface area contributed by atoms with Crippen LogP contribution in [0.2, 0.25) is 0 Å². The number of rotatable bonds is 6. The Labute approximate surface area is 124 Å². The first-order valence-electron chi connectivity index (χ1n) is 7.22. The van der Waals surface area contributed by atoms with Crippen LogP contribution in [0.25, 0.3) is 10.9 Å². The van der Waals surface area contributed by atoms with E-state index < -0.39 is 5.54 Å². The third-order valence-electron chi connectivity index (χ3n) is 3.66. The third kappa shape index (κ3) is 3.61. The number of nitrogens with two attached hydrogens (primary N) is 1. The van der Waals surface area contributed by atoms with E-state index in [0.717, 1.165) is 30.3 Å². The molecular formula is C16H22FN3O. The summed E-state index contributed by atoms with van der Waals surface area (Å²) in [4.78, 5) is 4.15. The average molecular weight is 291 g/mol.